The smallest absolute Gasteiger partial charge is 0.242 e. The van der Waals surface area contributed by atoms with E-state index in [9.17, 15) is 9.18 Å². The monoisotopic (exact) mass is 277 g/mol. The van der Waals surface area contributed by atoms with Crippen LogP contribution in [0.2, 0.25) is 0 Å². The van der Waals surface area contributed by atoms with Gasteiger partial charge in [0, 0.05) is 6.54 Å². The lowest BCUT2D eigenvalue weighted by Crippen LogP contribution is -2.38. The molecule has 0 saturated carbocycles. The molecule has 108 valence electrons. The number of anilines is 1. The van der Waals surface area contributed by atoms with E-state index in [2.05, 4.69) is 17.6 Å². The number of hydrogen-bond acceptors (Lipinski definition) is 3. The van der Waals surface area contributed by atoms with Crippen LogP contribution in [-0.4, -0.2) is 18.5 Å². The van der Waals surface area contributed by atoms with Gasteiger partial charge in [-0.25, -0.2) is 4.39 Å². The zero-order valence-corrected chi connectivity index (χ0v) is 11.9. The highest BCUT2D eigenvalue weighted by molar-refractivity contribution is 5.84. The lowest BCUT2D eigenvalue weighted by atomic mass is 10.1. The number of nitriles is 1. The number of rotatable bonds is 7. The van der Waals surface area contributed by atoms with E-state index >= 15 is 0 Å². The number of hydrogen-bond donors (Lipinski definition) is 2. The van der Waals surface area contributed by atoms with Crippen molar-refractivity contribution < 1.29 is 9.18 Å². The van der Waals surface area contributed by atoms with Gasteiger partial charge in [-0.05, 0) is 25.5 Å². The maximum atomic E-state index is 13.4. The van der Waals surface area contributed by atoms with Crippen molar-refractivity contribution in [3.05, 3.63) is 29.6 Å². The molecule has 0 aromatic heterocycles. The molecule has 1 unspecified atom stereocenters. The molecule has 0 fully saturated rings. The first-order valence-corrected chi connectivity index (χ1v) is 6.83. The second kappa shape index (κ2) is 8.16. The molecule has 0 bridgehead atoms. The second-order valence-corrected chi connectivity index (χ2v) is 4.64. The molecule has 4 nitrogen and oxygen atoms in total. The van der Waals surface area contributed by atoms with Gasteiger partial charge in [0.15, 0.2) is 0 Å². The Kier molecular flexibility index (Phi) is 6.51. The third-order valence-corrected chi connectivity index (χ3v) is 2.97. The molecule has 0 saturated heterocycles. The van der Waals surface area contributed by atoms with E-state index in [1.807, 2.05) is 0 Å². The van der Waals surface area contributed by atoms with Crippen LogP contribution in [0.1, 0.15) is 38.7 Å². The van der Waals surface area contributed by atoms with E-state index < -0.39 is 11.9 Å². The number of benzene rings is 1. The van der Waals surface area contributed by atoms with Crippen LogP contribution in [0.15, 0.2) is 18.2 Å². The van der Waals surface area contributed by atoms with Crippen LogP contribution in [0.4, 0.5) is 10.1 Å². The molecule has 0 radical (unpaired) electrons. The van der Waals surface area contributed by atoms with Crippen molar-refractivity contribution in [2.24, 2.45) is 0 Å². The van der Waals surface area contributed by atoms with Gasteiger partial charge in [0.1, 0.15) is 23.5 Å². The normalized spacial score (nSPS) is 11.5. The molecule has 0 aliphatic rings. The minimum Gasteiger partial charge on any atom is -0.373 e. The second-order valence-electron chi connectivity index (χ2n) is 4.64. The zero-order chi connectivity index (χ0) is 15.0. The number of amides is 1. The van der Waals surface area contributed by atoms with Crippen molar-refractivity contribution in [1.82, 2.24) is 5.32 Å². The van der Waals surface area contributed by atoms with Gasteiger partial charge in [-0.15, -0.1) is 0 Å². The summed E-state index contributed by atoms with van der Waals surface area (Å²) >= 11 is 0. The lowest BCUT2D eigenvalue weighted by molar-refractivity contribution is -0.121. The Labute approximate surface area is 119 Å². The third kappa shape index (κ3) is 4.54. The number of halogens is 1. The van der Waals surface area contributed by atoms with E-state index in [4.69, 9.17) is 5.26 Å². The van der Waals surface area contributed by atoms with Gasteiger partial charge < -0.3 is 10.6 Å². The molecular weight excluding hydrogens is 257 g/mol. The summed E-state index contributed by atoms with van der Waals surface area (Å²) in [4.78, 5) is 11.8. The van der Waals surface area contributed by atoms with Gasteiger partial charge in [0.05, 0.1) is 5.69 Å². The van der Waals surface area contributed by atoms with Crippen molar-refractivity contribution in [1.29, 1.82) is 5.26 Å². The average molecular weight is 277 g/mol. The van der Waals surface area contributed by atoms with E-state index in [1.54, 1.807) is 19.1 Å². The van der Waals surface area contributed by atoms with E-state index in [0.717, 1.165) is 19.3 Å². The molecular formula is C15H20FN3O. The van der Waals surface area contributed by atoms with Crippen molar-refractivity contribution >= 4 is 11.6 Å². The van der Waals surface area contributed by atoms with Crippen LogP contribution in [-0.2, 0) is 4.79 Å². The highest BCUT2D eigenvalue weighted by atomic mass is 19.1. The van der Waals surface area contributed by atoms with Gasteiger partial charge in [-0.2, -0.15) is 5.26 Å². The summed E-state index contributed by atoms with van der Waals surface area (Å²) in [5.74, 6) is -0.748. The van der Waals surface area contributed by atoms with Gasteiger partial charge >= 0.3 is 0 Å². The van der Waals surface area contributed by atoms with Crippen molar-refractivity contribution in [3.8, 4) is 6.07 Å². The lowest BCUT2D eigenvalue weighted by Gasteiger charge is -2.16. The molecule has 1 aromatic carbocycles. The topological polar surface area (TPSA) is 64.9 Å². The minimum atomic E-state index is -0.590. The van der Waals surface area contributed by atoms with Crippen LogP contribution >= 0.6 is 0 Å². The molecule has 0 heterocycles. The molecule has 2 N–H and O–H groups in total. The first-order chi connectivity index (χ1) is 9.60. The highest BCUT2D eigenvalue weighted by Crippen LogP contribution is 2.18. The Morgan fingerprint density at radius 1 is 1.45 bits per heavy atom. The number of nitrogens with zero attached hydrogens (tertiary/aromatic N) is 1. The summed E-state index contributed by atoms with van der Waals surface area (Å²) in [6.07, 6.45) is 3.11. The molecule has 0 aliphatic carbocycles. The van der Waals surface area contributed by atoms with Crippen LogP contribution in [0.3, 0.4) is 0 Å². The fourth-order valence-corrected chi connectivity index (χ4v) is 1.80. The Morgan fingerprint density at radius 2 is 2.20 bits per heavy atom. The molecule has 20 heavy (non-hydrogen) atoms. The SMILES string of the molecule is CCCCCNC(=O)C(C)Nc1cccc(F)c1C#N. The zero-order valence-electron chi connectivity index (χ0n) is 11.9. The summed E-state index contributed by atoms with van der Waals surface area (Å²) in [7, 11) is 0. The summed E-state index contributed by atoms with van der Waals surface area (Å²) < 4.78 is 13.4. The first-order valence-electron chi connectivity index (χ1n) is 6.83. The summed E-state index contributed by atoms with van der Waals surface area (Å²) in [5.41, 5.74) is 0.266. The molecule has 1 aromatic rings. The van der Waals surface area contributed by atoms with Crippen LogP contribution < -0.4 is 10.6 Å². The highest BCUT2D eigenvalue weighted by Gasteiger charge is 2.15. The number of nitrogens with one attached hydrogen (secondary N) is 2. The quantitative estimate of drug-likeness (QED) is 0.753. The van der Waals surface area contributed by atoms with Crippen LogP contribution in [0.5, 0.6) is 0 Å². The Morgan fingerprint density at radius 3 is 2.85 bits per heavy atom. The Balaban J connectivity index is 2.58. The average Bonchev–Trinajstić information content (AvgIpc) is 2.43. The fraction of sp³-hybridized carbons (Fsp3) is 0.467. The first kappa shape index (κ1) is 16.0. The van der Waals surface area contributed by atoms with Crippen molar-refractivity contribution in [2.45, 2.75) is 39.2 Å². The maximum Gasteiger partial charge on any atom is 0.242 e. The van der Waals surface area contributed by atoms with Crippen LogP contribution in [0, 0.1) is 17.1 Å². The Hall–Kier alpha value is -2.09. The molecule has 1 amide bonds. The predicted molar refractivity (Wildman–Crippen MR) is 76.7 cm³/mol. The van der Waals surface area contributed by atoms with Crippen molar-refractivity contribution in [3.63, 3.8) is 0 Å². The van der Waals surface area contributed by atoms with E-state index in [-0.39, 0.29) is 11.5 Å². The molecule has 5 heteroatoms. The minimum absolute atomic E-state index is 0.0712. The summed E-state index contributed by atoms with van der Waals surface area (Å²) in [6.45, 7) is 4.41. The molecule has 0 aliphatic heterocycles. The van der Waals surface area contributed by atoms with Gasteiger partial charge in [0.2, 0.25) is 5.91 Å². The van der Waals surface area contributed by atoms with Crippen molar-refractivity contribution in [2.75, 3.05) is 11.9 Å². The maximum absolute atomic E-state index is 13.4. The predicted octanol–water partition coefficient (Wildman–Crippen LogP) is 2.80. The molecule has 1 atom stereocenters. The van der Waals surface area contributed by atoms with Gasteiger partial charge in [-0.3, -0.25) is 4.79 Å². The number of carbonyl (C=O) groups excluding carboxylic acids is 1. The van der Waals surface area contributed by atoms with Crippen LogP contribution in [0.25, 0.3) is 0 Å². The van der Waals surface area contributed by atoms with E-state index in [0.29, 0.717) is 12.2 Å². The fourth-order valence-electron chi connectivity index (χ4n) is 1.80. The van der Waals surface area contributed by atoms with Gasteiger partial charge in [-0.1, -0.05) is 25.8 Å². The summed E-state index contributed by atoms with van der Waals surface area (Å²) in [6, 6.07) is 5.59. The number of carbonyl (C=O) groups is 1. The molecule has 1 rings (SSSR count). The Bertz CT molecular complexity index is 496. The summed E-state index contributed by atoms with van der Waals surface area (Å²) in [5, 5.41) is 14.6. The largest absolute Gasteiger partial charge is 0.373 e. The van der Waals surface area contributed by atoms with E-state index in [1.165, 1.54) is 12.1 Å². The van der Waals surface area contributed by atoms with Gasteiger partial charge in [0.25, 0.3) is 0 Å². The number of unbranched alkanes of at least 4 members (excludes halogenated alkanes) is 2. The molecule has 0 spiro atoms. The standard InChI is InChI=1S/C15H20FN3O/c1-3-4-5-9-18-15(20)11(2)19-14-8-6-7-13(16)12(14)10-17/h6-8,11,19H,3-5,9H2,1-2H3,(H,18,20). The third-order valence-electron chi connectivity index (χ3n) is 2.97.